The maximum atomic E-state index is 12.6. The second-order valence-electron chi connectivity index (χ2n) is 3.65. The predicted molar refractivity (Wildman–Crippen MR) is 61.4 cm³/mol. The molecule has 1 unspecified atom stereocenters. The molecule has 0 saturated heterocycles. The lowest BCUT2D eigenvalue weighted by molar-refractivity contribution is -0.141. The third-order valence-electron chi connectivity index (χ3n) is 2.00. The van der Waals surface area contributed by atoms with Crippen molar-refractivity contribution in [3.8, 4) is 5.88 Å². The normalized spacial score (nSPS) is 13.2. The molecule has 1 heterocycles. The van der Waals surface area contributed by atoms with E-state index in [0.29, 0.717) is 12.7 Å². The highest BCUT2D eigenvalue weighted by Crippen LogP contribution is 2.30. The highest BCUT2D eigenvalue weighted by atomic mass is 19.4. The first kappa shape index (κ1) is 15.4. The van der Waals surface area contributed by atoms with Gasteiger partial charge in [0.15, 0.2) is 5.69 Å². The van der Waals surface area contributed by atoms with Gasteiger partial charge in [0.25, 0.3) is 0 Å². The third-order valence-corrected chi connectivity index (χ3v) is 2.00. The quantitative estimate of drug-likeness (QED) is 0.608. The van der Waals surface area contributed by atoms with E-state index >= 15 is 0 Å². The predicted octanol–water partition coefficient (Wildman–Crippen LogP) is 1.58. The van der Waals surface area contributed by atoms with Crippen molar-refractivity contribution >= 4 is 5.95 Å². The Kier molecular flexibility index (Phi) is 5.31. The summed E-state index contributed by atoms with van der Waals surface area (Å²) in [5.41, 5.74) is 0.832. The van der Waals surface area contributed by atoms with E-state index in [2.05, 4.69) is 9.97 Å². The topological polar surface area (TPSA) is 82.3 Å². The van der Waals surface area contributed by atoms with E-state index in [9.17, 15) is 13.2 Å². The Bertz CT molecular complexity index is 414. The molecule has 0 radical (unpaired) electrons. The Balaban J connectivity index is 2.88. The van der Waals surface area contributed by atoms with Gasteiger partial charge in [-0.2, -0.15) is 18.2 Å². The van der Waals surface area contributed by atoms with Crippen LogP contribution in [0.5, 0.6) is 5.88 Å². The fraction of sp³-hybridized carbons (Fsp3) is 0.600. The molecule has 1 atom stereocenters. The van der Waals surface area contributed by atoms with Crippen molar-refractivity contribution in [2.45, 2.75) is 26.1 Å². The summed E-state index contributed by atoms with van der Waals surface area (Å²) in [5.74, 6) is 4.43. The number of nitrogens with two attached hydrogens (primary N) is 1. The van der Waals surface area contributed by atoms with E-state index in [1.807, 2.05) is 5.43 Å². The van der Waals surface area contributed by atoms with Gasteiger partial charge >= 0.3 is 6.18 Å². The van der Waals surface area contributed by atoms with Crippen LogP contribution in [-0.4, -0.2) is 29.3 Å². The summed E-state index contributed by atoms with van der Waals surface area (Å²) in [6.07, 6.45) is -5.04. The fourth-order valence-electron chi connectivity index (χ4n) is 1.22. The molecule has 1 aromatic heterocycles. The van der Waals surface area contributed by atoms with Gasteiger partial charge in [-0.15, -0.1) is 0 Å². The second kappa shape index (κ2) is 6.53. The standard InChI is InChI=1S/C10H15F3N4O2/c1-3-18-5-6(2)19-8-4-7(10(11,12)13)15-9(16-8)17-14/h4,6H,3,5,14H2,1-2H3,(H,15,16,17). The molecule has 0 aliphatic heterocycles. The van der Waals surface area contributed by atoms with Crippen LogP contribution in [0, 0.1) is 0 Å². The Morgan fingerprint density at radius 3 is 2.63 bits per heavy atom. The molecule has 0 aromatic carbocycles. The second-order valence-corrected chi connectivity index (χ2v) is 3.65. The third kappa shape index (κ3) is 4.87. The van der Waals surface area contributed by atoms with E-state index < -0.39 is 18.0 Å². The van der Waals surface area contributed by atoms with Crippen LogP contribution in [-0.2, 0) is 10.9 Å². The Labute approximate surface area is 108 Å². The molecule has 0 fully saturated rings. The van der Waals surface area contributed by atoms with Gasteiger partial charge in [0.2, 0.25) is 11.8 Å². The Hall–Kier alpha value is -1.61. The van der Waals surface area contributed by atoms with Gasteiger partial charge in [-0.1, -0.05) is 0 Å². The monoisotopic (exact) mass is 280 g/mol. The first-order chi connectivity index (χ1) is 8.86. The SMILES string of the molecule is CCOCC(C)Oc1cc(C(F)(F)F)nc(NN)n1. The van der Waals surface area contributed by atoms with Gasteiger partial charge < -0.3 is 9.47 Å². The molecule has 1 aromatic rings. The maximum Gasteiger partial charge on any atom is 0.433 e. The average Bonchev–Trinajstić information content (AvgIpc) is 2.34. The van der Waals surface area contributed by atoms with Crippen LogP contribution in [0.25, 0.3) is 0 Å². The number of nitrogen functional groups attached to an aromatic ring is 1. The minimum atomic E-state index is -4.60. The van der Waals surface area contributed by atoms with Gasteiger partial charge in [0, 0.05) is 12.7 Å². The van der Waals surface area contributed by atoms with Crippen LogP contribution in [0.2, 0.25) is 0 Å². The van der Waals surface area contributed by atoms with Gasteiger partial charge in [-0.3, -0.25) is 5.43 Å². The van der Waals surface area contributed by atoms with Gasteiger partial charge in [-0.05, 0) is 13.8 Å². The summed E-state index contributed by atoms with van der Waals surface area (Å²) in [7, 11) is 0. The molecular weight excluding hydrogens is 265 g/mol. The van der Waals surface area contributed by atoms with Crippen molar-refractivity contribution < 1.29 is 22.6 Å². The average molecular weight is 280 g/mol. The number of ether oxygens (including phenoxy) is 2. The number of hydrazine groups is 1. The molecular formula is C10H15F3N4O2. The van der Waals surface area contributed by atoms with Crippen molar-refractivity contribution in [1.29, 1.82) is 0 Å². The molecule has 19 heavy (non-hydrogen) atoms. The summed E-state index contributed by atoms with van der Waals surface area (Å²) in [4.78, 5) is 6.90. The number of alkyl halides is 3. The lowest BCUT2D eigenvalue weighted by Gasteiger charge is -2.15. The van der Waals surface area contributed by atoms with E-state index in [1.54, 1.807) is 13.8 Å². The number of rotatable bonds is 6. The van der Waals surface area contributed by atoms with E-state index in [-0.39, 0.29) is 18.4 Å². The van der Waals surface area contributed by atoms with Crippen LogP contribution in [0.3, 0.4) is 0 Å². The molecule has 0 bridgehead atoms. The lowest BCUT2D eigenvalue weighted by atomic mass is 10.4. The summed E-state index contributed by atoms with van der Waals surface area (Å²) in [6.45, 7) is 4.18. The molecule has 6 nitrogen and oxygen atoms in total. The summed E-state index contributed by atoms with van der Waals surface area (Å²) < 4.78 is 48.1. The van der Waals surface area contributed by atoms with Crippen LogP contribution < -0.4 is 16.0 Å². The molecule has 0 spiro atoms. The number of nitrogens with one attached hydrogen (secondary N) is 1. The van der Waals surface area contributed by atoms with Gasteiger partial charge in [0.05, 0.1) is 6.61 Å². The molecule has 1 rings (SSSR count). The van der Waals surface area contributed by atoms with Crippen LogP contribution >= 0.6 is 0 Å². The van der Waals surface area contributed by atoms with Crippen LogP contribution in [0.15, 0.2) is 6.07 Å². The molecule has 0 aliphatic carbocycles. The van der Waals surface area contributed by atoms with Crippen molar-refractivity contribution in [3.63, 3.8) is 0 Å². The molecule has 0 amide bonds. The molecule has 108 valence electrons. The summed E-state index contributed by atoms with van der Waals surface area (Å²) >= 11 is 0. The smallest absolute Gasteiger partial charge is 0.433 e. The highest BCUT2D eigenvalue weighted by molar-refractivity contribution is 5.30. The zero-order valence-electron chi connectivity index (χ0n) is 10.5. The molecule has 3 N–H and O–H groups in total. The van der Waals surface area contributed by atoms with E-state index in [0.717, 1.165) is 0 Å². The number of aromatic nitrogens is 2. The van der Waals surface area contributed by atoms with Crippen LogP contribution in [0.4, 0.5) is 19.1 Å². The molecule has 9 heteroatoms. The molecule has 0 aliphatic rings. The Morgan fingerprint density at radius 1 is 1.42 bits per heavy atom. The summed E-state index contributed by atoms with van der Waals surface area (Å²) in [5, 5.41) is 0. The number of hydrogen-bond acceptors (Lipinski definition) is 6. The fourth-order valence-corrected chi connectivity index (χ4v) is 1.22. The zero-order chi connectivity index (χ0) is 14.5. The van der Waals surface area contributed by atoms with Crippen molar-refractivity contribution in [2.75, 3.05) is 18.6 Å². The number of hydrogen-bond donors (Lipinski definition) is 2. The first-order valence-corrected chi connectivity index (χ1v) is 5.54. The van der Waals surface area contributed by atoms with Crippen molar-refractivity contribution in [1.82, 2.24) is 9.97 Å². The Morgan fingerprint density at radius 2 is 2.11 bits per heavy atom. The number of nitrogens with zero attached hydrogens (tertiary/aromatic N) is 2. The van der Waals surface area contributed by atoms with Crippen LogP contribution in [0.1, 0.15) is 19.5 Å². The maximum absolute atomic E-state index is 12.6. The highest BCUT2D eigenvalue weighted by Gasteiger charge is 2.34. The number of halogens is 3. The summed E-state index contributed by atoms with van der Waals surface area (Å²) in [6, 6.07) is 0.712. The zero-order valence-corrected chi connectivity index (χ0v) is 10.5. The number of anilines is 1. The van der Waals surface area contributed by atoms with E-state index in [1.165, 1.54) is 0 Å². The van der Waals surface area contributed by atoms with Gasteiger partial charge in [-0.25, -0.2) is 10.8 Å². The van der Waals surface area contributed by atoms with Gasteiger partial charge in [0.1, 0.15) is 6.10 Å². The lowest BCUT2D eigenvalue weighted by Crippen LogP contribution is -2.21. The first-order valence-electron chi connectivity index (χ1n) is 5.54. The minimum absolute atomic E-state index is 0.220. The van der Waals surface area contributed by atoms with Crippen molar-refractivity contribution in [3.05, 3.63) is 11.8 Å². The molecule has 0 saturated carbocycles. The minimum Gasteiger partial charge on any atom is -0.472 e. The van der Waals surface area contributed by atoms with E-state index in [4.69, 9.17) is 15.3 Å². The van der Waals surface area contributed by atoms with Crippen molar-refractivity contribution in [2.24, 2.45) is 5.84 Å². The largest absolute Gasteiger partial charge is 0.472 e.